The number of carbonyl (C=O) groups excluding carboxylic acids is 3. The number of esters is 3. The van der Waals surface area contributed by atoms with Crippen LogP contribution in [0.2, 0.25) is 0 Å². The van der Waals surface area contributed by atoms with Crippen LogP contribution in [0.3, 0.4) is 0 Å². The van der Waals surface area contributed by atoms with Gasteiger partial charge in [-0.1, -0.05) is 13.8 Å². The van der Waals surface area contributed by atoms with E-state index in [1.54, 1.807) is 6.92 Å². The van der Waals surface area contributed by atoms with E-state index in [0.717, 1.165) is 0 Å². The molecule has 6 heteroatoms. The molecular weight excluding hydrogens is 252 g/mol. The van der Waals surface area contributed by atoms with Crippen LogP contribution in [0, 0.1) is 5.92 Å². The maximum absolute atomic E-state index is 11.7. The normalized spacial score (nSPS) is 10.1. The second kappa shape index (κ2) is 10.3. The highest BCUT2D eigenvalue weighted by Crippen LogP contribution is 2.11. The van der Waals surface area contributed by atoms with Crippen molar-refractivity contribution >= 4 is 17.9 Å². The lowest BCUT2D eigenvalue weighted by Gasteiger charge is -2.14. The van der Waals surface area contributed by atoms with Gasteiger partial charge < -0.3 is 14.2 Å². The van der Waals surface area contributed by atoms with Gasteiger partial charge in [0.2, 0.25) is 0 Å². The standard InChI is InChI=1S/C13H22O6/c1-4-7-18-12(15)10(9-11(14)17-6-3)13(16)19-8-5-2/h10H,4-9H2,1-3H3. The zero-order valence-electron chi connectivity index (χ0n) is 11.8. The van der Waals surface area contributed by atoms with E-state index in [9.17, 15) is 14.4 Å². The summed E-state index contributed by atoms with van der Waals surface area (Å²) >= 11 is 0. The molecule has 0 aliphatic carbocycles. The molecule has 0 aromatic heterocycles. The molecule has 0 heterocycles. The molecule has 6 nitrogen and oxygen atoms in total. The van der Waals surface area contributed by atoms with Crippen molar-refractivity contribution in [3.63, 3.8) is 0 Å². The first-order valence-electron chi connectivity index (χ1n) is 6.55. The quantitative estimate of drug-likeness (QED) is 0.360. The van der Waals surface area contributed by atoms with Crippen LogP contribution >= 0.6 is 0 Å². The van der Waals surface area contributed by atoms with Gasteiger partial charge in [-0.05, 0) is 19.8 Å². The fourth-order valence-electron chi connectivity index (χ4n) is 1.26. The molecule has 0 radical (unpaired) electrons. The summed E-state index contributed by atoms with van der Waals surface area (Å²) in [6.07, 6.45) is 0.933. The Morgan fingerprint density at radius 3 is 1.68 bits per heavy atom. The fourth-order valence-corrected chi connectivity index (χ4v) is 1.26. The molecule has 0 aliphatic rings. The van der Waals surface area contributed by atoms with Crippen molar-refractivity contribution in [3.05, 3.63) is 0 Å². The predicted octanol–water partition coefficient (Wildman–Crippen LogP) is 1.46. The summed E-state index contributed by atoms with van der Waals surface area (Å²) < 4.78 is 14.5. The molecule has 0 saturated carbocycles. The van der Waals surface area contributed by atoms with E-state index in [0.29, 0.717) is 12.8 Å². The lowest BCUT2D eigenvalue weighted by Crippen LogP contribution is -2.31. The molecule has 0 aromatic rings. The third-order valence-electron chi connectivity index (χ3n) is 2.14. The van der Waals surface area contributed by atoms with Gasteiger partial charge in [0.15, 0.2) is 5.92 Å². The summed E-state index contributed by atoms with van der Waals surface area (Å²) in [7, 11) is 0. The molecule has 0 N–H and O–H groups in total. The number of hydrogen-bond donors (Lipinski definition) is 0. The van der Waals surface area contributed by atoms with Gasteiger partial charge >= 0.3 is 17.9 Å². The fraction of sp³-hybridized carbons (Fsp3) is 0.769. The SMILES string of the molecule is CCCOC(=O)C(CC(=O)OCC)C(=O)OCCC. The molecule has 0 bridgehead atoms. The van der Waals surface area contributed by atoms with Gasteiger partial charge in [0.05, 0.1) is 26.2 Å². The van der Waals surface area contributed by atoms with Crippen LogP contribution in [0.4, 0.5) is 0 Å². The summed E-state index contributed by atoms with van der Waals surface area (Å²) in [4.78, 5) is 34.8. The van der Waals surface area contributed by atoms with Crippen molar-refractivity contribution in [2.75, 3.05) is 19.8 Å². The van der Waals surface area contributed by atoms with Crippen LogP contribution < -0.4 is 0 Å². The van der Waals surface area contributed by atoms with Gasteiger partial charge in [0.25, 0.3) is 0 Å². The van der Waals surface area contributed by atoms with Crippen LogP contribution in [-0.4, -0.2) is 37.7 Å². The number of rotatable bonds is 9. The highest BCUT2D eigenvalue weighted by atomic mass is 16.6. The highest BCUT2D eigenvalue weighted by Gasteiger charge is 2.32. The summed E-state index contributed by atoms with van der Waals surface area (Å²) in [6, 6.07) is 0. The number of ether oxygens (including phenoxy) is 3. The first-order valence-corrected chi connectivity index (χ1v) is 6.55. The van der Waals surface area contributed by atoms with Crippen molar-refractivity contribution in [1.82, 2.24) is 0 Å². The van der Waals surface area contributed by atoms with Crippen LogP contribution in [-0.2, 0) is 28.6 Å². The van der Waals surface area contributed by atoms with Crippen LogP contribution in [0.15, 0.2) is 0 Å². The molecule has 0 aliphatic heterocycles. The van der Waals surface area contributed by atoms with Crippen molar-refractivity contribution in [2.45, 2.75) is 40.0 Å². The lowest BCUT2D eigenvalue weighted by molar-refractivity contribution is -0.166. The molecule has 19 heavy (non-hydrogen) atoms. The maximum Gasteiger partial charge on any atom is 0.320 e. The summed E-state index contributed by atoms with van der Waals surface area (Å²) in [5.41, 5.74) is 0. The van der Waals surface area contributed by atoms with Gasteiger partial charge in [0, 0.05) is 0 Å². The van der Waals surface area contributed by atoms with Crippen molar-refractivity contribution in [1.29, 1.82) is 0 Å². The third-order valence-corrected chi connectivity index (χ3v) is 2.14. The predicted molar refractivity (Wildman–Crippen MR) is 67.2 cm³/mol. The van der Waals surface area contributed by atoms with Crippen LogP contribution in [0.25, 0.3) is 0 Å². The number of carbonyl (C=O) groups is 3. The Kier molecular flexibility index (Phi) is 9.48. The van der Waals surface area contributed by atoms with Gasteiger partial charge in [-0.3, -0.25) is 14.4 Å². The molecule has 0 aromatic carbocycles. The number of hydrogen-bond acceptors (Lipinski definition) is 6. The topological polar surface area (TPSA) is 78.9 Å². The van der Waals surface area contributed by atoms with Crippen molar-refractivity contribution in [3.8, 4) is 0 Å². The Labute approximate surface area is 113 Å². The minimum absolute atomic E-state index is 0.194. The molecule has 0 fully saturated rings. The first kappa shape index (κ1) is 17.4. The summed E-state index contributed by atoms with van der Waals surface area (Å²) in [6.45, 7) is 5.93. The molecule has 0 rings (SSSR count). The van der Waals surface area contributed by atoms with E-state index in [1.807, 2.05) is 13.8 Å². The lowest BCUT2D eigenvalue weighted by atomic mass is 10.1. The van der Waals surface area contributed by atoms with Gasteiger partial charge in [0.1, 0.15) is 0 Å². The smallest absolute Gasteiger partial charge is 0.320 e. The minimum atomic E-state index is -1.24. The van der Waals surface area contributed by atoms with E-state index in [-0.39, 0.29) is 26.2 Å². The molecule has 110 valence electrons. The second-order valence-corrected chi connectivity index (χ2v) is 3.90. The second-order valence-electron chi connectivity index (χ2n) is 3.90. The van der Waals surface area contributed by atoms with E-state index in [4.69, 9.17) is 14.2 Å². The molecular formula is C13H22O6. The van der Waals surface area contributed by atoms with Crippen LogP contribution in [0.5, 0.6) is 0 Å². The first-order chi connectivity index (χ1) is 9.06. The Balaban J connectivity index is 4.57. The molecule has 0 unspecified atom stereocenters. The monoisotopic (exact) mass is 274 g/mol. The van der Waals surface area contributed by atoms with Gasteiger partial charge in [-0.15, -0.1) is 0 Å². The van der Waals surface area contributed by atoms with Crippen molar-refractivity contribution < 1.29 is 28.6 Å². The van der Waals surface area contributed by atoms with Crippen molar-refractivity contribution in [2.24, 2.45) is 5.92 Å². The van der Waals surface area contributed by atoms with Crippen LogP contribution in [0.1, 0.15) is 40.0 Å². The average molecular weight is 274 g/mol. The van der Waals surface area contributed by atoms with E-state index >= 15 is 0 Å². The van der Waals surface area contributed by atoms with E-state index in [1.165, 1.54) is 0 Å². The Morgan fingerprint density at radius 1 is 0.842 bits per heavy atom. The molecule has 0 saturated heterocycles. The molecule has 0 amide bonds. The van der Waals surface area contributed by atoms with Gasteiger partial charge in [-0.25, -0.2) is 0 Å². The Bertz CT molecular complexity index is 280. The minimum Gasteiger partial charge on any atom is -0.466 e. The van der Waals surface area contributed by atoms with Gasteiger partial charge in [-0.2, -0.15) is 0 Å². The average Bonchev–Trinajstić information content (AvgIpc) is 2.39. The Hall–Kier alpha value is -1.59. The van der Waals surface area contributed by atoms with E-state index < -0.39 is 23.8 Å². The zero-order chi connectivity index (χ0) is 14.7. The maximum atomic E-state index is 11.7. The summed E-state index contributed by atoms with van der Waals surface area (Å²) in [5, 5.41) is 0. The third kappa shape index (κ3) is 7.43. The zero-order valence-corrected chi connectivity index (χ0v) is 11.8. The largest absolute Gasteiger partial charge is 0.466 e. The van der Waals surface area contributed by atoms with E-state index in [2.05, 4.69) is 0 Å². The highest BCUT2D eigenvalue weighted by molar-refractivity contribution is 5.98. The molecule has 0 atom stereocenters. The summed E-state index contributed by atoms with van der Waals surface area (Å²) in [5.74, 6) is -3.33. The molecule has 0 spiro atoms. The Morgan fingerprint density at radius 2 is 1.32 bits per heavy atom.